The molecule has 3 atom stereocenters. The Labute approximate surface area is 68.4 Å². The molecule has 48 valence electrons. The summed E-state index contributed by atoms with van der Waals surface area (Å²) >= 11 is 7.23. The molecule has 1 fully saturated rings. The van der Waals surface area contributed by atoms with E-state index < -0.39 is 0 Å². The summed E-state index contributed by atoms with van der Waals surface area (Å²) in [7, 11) is 0.363. The molecule has 0 N–H and O–H groups in total. The van der Waals surface area contributed by atoms with Crippen molar-refractivity contribution in [1.29, 1.82) is 0 Å². The van der Waals surface area contributed by atoms with E-state index in [1.54, 1.807) is 0 Å². The minimum absolute atomic E-state index is 0.363. The van der Waals surface area contributed by atoms with E-state index in [0.29, 0.717) is 7.92 Å². The largest absolute Gasteiger partial charge is 0.108 e. The average Bonchev–Trinajstić information content (AvgIpc) is 1.85. The van der Waals surface area contributed by atoms with Crippen LogP contribution in [0.2, 0.25) is 0 Å². The van der Waals surface area contributed by atoms with Crippen molar-refractivity contribution in [1.82, 2.24) is 0 Å². The van der Waals surface area contributed by atoms with Crippen molar-refractivity contribution in [2.24, 2.45) is 0 Å². The fraction of sp³-hybridized carbons (Fsp3) is 1.00. The van der Waals surface area contributed by atoms with Crippen LogP contribution in [0.5, 0.6) is 0 Å². The van der Waals surface area contributed by atoms with Gasteiger partial charge in [0.05, 0.1) is 0 Å². The van der Waals surface area contributed by atoms with Crippen LogP contribution >= 0.6 is 39.8 Å². The Bertz CT molecular complexity index is 76.5. The van der Waals surface area contributed by atoms with E-state index in [0.717, 1.165) is 9.65 Å². The van der Waals surface area contributed by atoms with E-state index in [1.807, 2.05) is 0 Å². The summed E-state index contributed by atoms with van der Waals surface area (Å²) in [6.07, 6.45) is 2.79. The Balaban J connectivity index is 2.39. The van der Waals surface area contributed by atoms with Gasteiger partial charge in [-0.05, 0) is 19.0 Å². The monoisotopic (exact) mass is 258 g/mol. The number of hydrogen-bond acceptors (Lipinski definition) is 0. The standard InChI is InChI=1S/C5H9Br2P/c1-8-2-4(6)5(7)3-8/h4-5H,2-3H2,1H3/t4-,5+,8?. The Morgan fingerprint density at radius 3 is 1.75 bits per heavy atom. The second-order valence-corrected chi connectivity index (χ2v) is 7.05. The summed E-state index contributed by atoms with van der Waals surface area (Å²) in [4.78, 5) is 1.50. The first-order valence-corrected chi connectivity index (χ1v) is 6.66. The fourth-order valence-electron chi connectivity index (χ4n) is 0.899. The third kappa shape index (κ3) is 1.68. The molecule has 1 aliphatic heterocycles. The first-order chi connectivity index (χ1) is 3.70. The van der Waals surface area contributed by atoms with Gasteiger partial charge in [0.15, 0.2) is 0 Å². The van der Waals surface area contributed by atoms with Crippen molar-refractivity contribution in [3.8, 4) is 0 Å². The molecule has 0 bridgehead atoms. The van der Waals surface area contributed by atoms with Gasteiger partial charge in [-0.15, -0.1) is 7.92 Å². The molecular weight excluding hydrogens is 251 g/mol. The topological polar surface area (TPSA) is 0 Å². The van der Waals surface area contributed by atoms with Gasteiger partial charge < -0.3 is 0 Å². The van der Waals surface area contributed by atoms with Gasteiger partial charge in [0, 0.05) is 9.65 Å². The normalized spacial score (nSPS) is 47.6. The maximum absolute atomic E-state index is 3.61. The molecule has 8 heavy (non-hydrogen) atoms. The van der Waals surface area contributed by atoms with Crippen molar-refractivity contribution in [2.75, 3.05) is 19.0 Å². The second-order valence-electron chi connectivity index (χ2n) is 2.25. The van der Waals surface area contributed by atoms with Crippen LogP contribution in [0.1, 0.15) is 0 Å². The van der Waals surface area contributed by atoms with Crippen LogP contribution in [0.4, 0.5) is 0 Å². The maximum atomic E-state index is 3.61. The SMILES string of the molecule is CP1C[C@@H](Br)[C@@H](Br)C1. The van der Waals surface area contributed by atoms with Crippen LogP contribution < -0.4 is 0 Å². The van der Waals surface area contributed by atoms with Gasteiger partial charge >= 0.3 is 0 Å². The number of hydrogen-bond donors (Lipinski definition) is 0. The second kappa shape index (κ2) is 2.98. The minimum Gasteiger partial charge on any atom is -0.108 e. The van der Waals surface area contributed by atoms with Crippen LogP contribution in [0, 0.1) is 0 Å². The van der Waals surface area contributed by atoms with Gasteiger partial charge in [-0.3, -0.25) is 0 Å². The van der Waals surface area contributed by atoms with E-state index in [9.17, 15) is 0 Å². The predicted molar refractivity (Wildman–Crippen MR) is 48.0 cm³/mol. The van der Waals surface area contributed by atoms with Crippen LogP contribution in [-0.4, -0.2) is 28.6 Å². The average molecular weight is 260 g/mol. The lowest BCUT2D eigenvalue weighted by atomic mass is 10.4. The summed E-state index contributed by atoms with van der Waals surface area (Å²) < 4.78 is 0. The minimum atomic E-state index is 0.363. The van der Waals surface area contributed by atoms with Gasteiger partial charge in [-0.2, -0.15) is 0 Å². The lowest BCUT2D eigenvalue weighted by Gasteiger charge is -2.00. The molecule has 1 heterocycles. The van der Waals surface area contributed by atoms with Crippen LogP contribution in [0.25, 0.3) is 0 Å². The first kappa shape index (κ1) is 7.50. The van der Waals surface area contributed by atoms with Crippen LogP contribution in [0.15, 0.2) is 0 Å². The molecule has 1 saturated heterocycles. The van der Waals surface area contributed by atoms with Crippen molar-refractivity contribution >= 4 is 39.8 Å². The molecule has 0 radical (unpaired) electrons. The van der Waals surface area contributed by atoms with E-state index in [4.69, 9.17) is 0 Å². The Kier molecular flexibility index (Phi) is 2.80. The van der Waals surface area contributed by atoms with Gasteiger partial charge in [-0.1, -0.05) is 31.9 Å². The zero-order chi connectivity index (χ0) is 6.15. The van der Waals surface area contributed by atoms with Gasteiger partial charge in [0.2, 0.25) is 0 Å². The fourth-order valence-corrected chi connectivity index (χ4v) is 6.67. The molecule has 1 unspecified atom stereocenters. The highest BCUT2D eigenvalue weighted by Gasteiger charge is 2.26. The summed E-state index contributed by atoms with van der Waals surface area (Å²) in [5, 5.41) is 0. The van der Waals surface area contributed by atoms with Crippen molar-refractivity contribution < 1.29 is 0 Å². The molecule has 1 rings (SSSR count). The van der Waals surface area contributed by atoms with E-state index in [1.165, 1.54) is 12.3 Å². The van der Waals surface area contributed by atoms with E-state index >= 15 is 0 Å². The van der Waals surface area contributed by atoms with Gasteiger partial charge in [-0.25, -0.2) is 0 Å². The summed E-state index contributed by atoms with van der Waals surface area (Å²) in [5.74, 6) is 0. The molecule has 0 aromatic rings. The number of alkyl halides is 2. The summed E-state index contributed by atoms with van der Waals surface area (Å²) in [6.45, 7) is 2.37. The third-order valence-corrected chi connectivity index (χ3v) is 7.03. The first-order valence-electron chi connectivity index (χ1n) is 2.67. The molecule has 1 aliphatic rings. The molecule has 0 aliphatic carbocycles. The van der Waals surface area contributed by atoms with Crippen molar-refractivity contribution in [2.45, 2.75) is 9.65 Å². The van der Waals surface area contributed by atoms with E-state index in [-0.39, 0.29) is 0 Å². The van der Waals surface area contributed by atoms with Crippen molar-refractivity contribution in [3.63, 3.8) is 0 Å². The summed E-state index contributed by atoms with van der Waals surface area (Å²) in [5.41, 5.74) is 0. The highest BCUT2D eigenvalue weighted by Crippen LogP contribution is 2.45. The van der Waals surface area contributed by atoms with E-state index in [2.05, 4.69) is 38.5 Å². The molecule has 0 amide bonds. The lowest BCUT2D eigenvalue weighted by molar-refractivity contribution is 1.03. The van der Waals surface area contributed by atoms with Gasteiger partial charge in [0.1, 0.15) is 0 Å². The maximum Gasteiger partial charge on any atom is 0.0313 e. The zero-order valence-corrected chi connectivity index (χ0v) is 8.84. The molecule has 0 aromatic carbocycles. The van der Waals surface area contributed by atoms with Gasteiger partial charge in [0.25, 0.3) is 0 Å². The molecular formula is C5H9Br2P. The third-order valence-electron chi connectivity index (χ3n) is 1.36. The highest BCUT2D eigenvalue weighted by atomic mass is 79.9. The number of rotatable bonds is 0. The molecule has 0 saturated carbocycles. The number of halogens is 2. The molecule has 3 heteroatoms. The summed E-state index contributed by atoms with van der Waals surface area (Å²) in [6, 6.07) is 0. The smallest absolute Gasteiger partial charge is 0.0313 e. The van der Waals surface area contributed by atoms with Crippen molar-refractivity contribution in [3.05, 3.63) is 0 Å². The lowest BCUT2D eigenvalue weighted by Crippen LogP contribution is -2.08. The quantitative estimate of drug-likeness (QED) is 0.464. The Morgan fingerprint density at radius 2 is 1.62 bits per heavy atom. The molecule has 0 spiro atoms. The Morgan fingerprint density at radius 1 is 1.25 bits per heavy atom. The molecule has 0 nitrogen and oxygen atoms in total. The molecule has 0 aromatic heterocycles. The highest BCUT2D eigenvalue weighted by molar-refractivity contribution is 9.12. The van der Waals surface area contributed by atoms with Crippen LogP contribution in [0.3, 0.4) is 0 Å². The Hall–Kier alpha value is 1.39. The van der Waals surface area contributed by atoms with Crippen LogP contribution in [-0.2, 0) is 0 Å². The predicted octanol–water partition coefficient (Wildman–Crippen LogP) is 2.64. The zero-order valence-electron chi connectivity index (χ0n) is 4.77.